The maximum Gasteiger partial charge on any atom is 0.245 e. The third-order valence-electron chi connectivity index (χ3n) is 4.26. The molecule has 1 aromatic carbocycles. The summed E-state index contributed by atoms with van der Waals surface area (Å²) in [7, 11) is -3.44. The van der Waals surface area contributed by atoms with Gasteiger partial charge < -0.3 is 10.7 Å². The average Bonchev–Trinajstić information content (AvgIpc) is 2.73. The molecule has 1 aliphatic rings. The predicted molar refractivity (Wildman–Crippen MR) is 84.5 cm³/mol. The second-order valence-electron chi connectivity index (χ2n) is 5.90. The topological polar surface area (TPSA) is 79.2 Å². The van der Waals surface area contributed by atoms with Gasteiger partial charge in [0.05, 0.1) is 0 Å². The summed E-state index contributed by atoms with van der Waals surface area (Å²) in [5, 5.41) is 0.710. The quantitative estimate of drug-likeness (QED) is 0.837. The molecule has 2 heterocycles. The lowest BCUT2D eigenvalue weighted by Gasteiger charge is -2.19. The molecule has 1 atom stereocenters. The fourth-order valence-corrected chi connectivity index (χ4v) is 4.60. The lowest BCUT2D eigenvalue weighted by atomic mass is 10.0. The van der Waals surface area contributed by atoms with Crippen molar-refractivity contribution >= 4 is 26.6 Å². The molecule has 1 aliphatic heterocycles. The molecular formula is C15H21N3O2S. The number of aromatic nitrogens is 1. The van der Waals surface area contributed by atoms with E-state index in [2.05, 4.69) is 11.9 Å². The van der Waals surface area contributed by atoms with Crippen LogP contribution in [0.5, 0.6) is 0 Å². The molecule has 0 spiro atoms. The molecule has 0 amide bonds. The van der Waals surface area contributed by atoms with Crippen LogP contribution in [0.3, 0.4) is 0 Å². The van der Waals surface area contributed by atoms with Crippen LogP contribution >= 0.6 is 0 Å². The maximum absolute atomic E-state index is 12.9. The number of rotatable bonds is 2. The normalized spacial score (nSPS) is 21.5. The van der Waals surface area contributed by atoms with Gasteiger partial charge in [-0.25, -0.2) is 8.42 Å². The molecule has 21 heavy (non-hydrogen) atoms. The Morgan fingerprint density at radius 3 is 2.90 bits per heavy atom. The van der Waals surface area contributed by atoms with Crippen LogP contribution in [0.4, 0.5) is 5.69 Å². The SMILES string of the molecule is CC1CCCN(S(=O)(=O)c2c[nH]c3cc(N)ccc23)CC1. The molecule has 114 valence electrons. The molecule has 1 aromatic heterocycles. The Labute approximate surface area is 125 Å². The molecular weight excluding hydrogens is 286 g/mol. The van der Waals surface area contributed by atoms with E-state index < -0.39 is 10.0 Å². The fraction of sp³-hybridized carbons (Fsp3) is 0.467. The van der Waals surface area contributed by atoms with E-state index in [0.717, 1.165) is 24.8 Å². The summed E-state index contributed by atoms with van der Waals surface area (Å²) in [6.07, 6.45) is 4.52. The summed E-state index contributed by atoms with van der Waals surface area (Å²) < 4.78 is 27.4. The smallest absolute Gasteiger partial charge is 0.245 e. The molecule has 3 N–H and O–H groups in total. The second kappa shape index (κ2) is 5.35. The van der Waals surface area contributed by atoms with Crippen LogP contribution in [0, 0.1) is 5.92 Å². The minimum atomic E-state index is -3.44. The number of anilines is 1. The number of hydrogen-bond acceptors (Lipinski definition) is 3. The van der Waals surface area contributed by atoms with Crippen LogP contribution < -0.4 is 5.73 Å². The summed E-state index contributed by atoms with van der Waals surface area (Å²) >= 11 is 0. The van der Waals surface area contributed by atoms with Crippen molar-refractivity contribution in [2.45, 2.75) is 31.1 Å². The minimum Gasteiger partial charge on any atom is -0.399 e. The van der Waals surface area contributed by atoms with Crippen molar-refractivity contribution in [3.8, 4) is 0 Å². The van der Waals surface area contributed by atoms with E-state index in [1.165, 1.54) is 0 Å². The van der Waals surface area contributed by atoms with E-state index in [4.69, 9.17) is 5.73 Å². The van der Waals surface area contributed by atoms with Crippen molar-refractivity contribution in [1.29, 1.82) is 0 Å². The molecule has 0 saturated carbocycles. The summed E-state index contributed by atoms with van der Waals surface area (Å²) in [5.74, 6) is 0.591. The highest BCUT2D eigenvalue weighted by atomic mass is 32.2. The summed E-state index contributed by atoms with van der Waals surface area (Å²) in [6.45, 7) is 3.39. The number of hydrogen-bond donors (Lipinski definition) is 2. The number of H-pyrrole nitrogens is 1. The zero-order valence-electron chi connectivity index (χ0n) is 12.2. The maximum atomic E-state index is 12.9. The molecule has 0 radical (unpaired) electrons. The standard InChI is InChI=1S/C15H21N3O2S/c1-11-3-2-7-18(8-6-11)21(19,20)15-10-17-14-9-12(16)4-5-13(14)15/h4-5,9-11,17H,2-3,6-8,16H2,1H3. The molecule has 2 aromatic rings. The molecule has 3 rings (SSSR count). The predicted octanol–water partition coefficient (Wildman–Crippen LogP) is 2.56. The Balaban J connectivity index is 2.00. The third kappa shape index (κ3) is 2.65. The number of nitrogens with zero attached hydrogens (tertiary/aromatic N) is 1. The van der Waals surface area contributed by atoms with Gasteiger partial charge in [-0.05, 0) is 43.4 Å². The largest absolute Gasteiger partial charge is 0.399 e. The highest BCUT2D eigenvalue weighted by Crippen LogP contribution is 2.29. The van der Waals surface area contributed by atoms with Crippen LogP contribution in [-0.2, 0) is 10.0 Å². The van der Waals surface area contributed by atoms with Crippen molar-refractivity contribution in [2.75, 3.05) is 18.8 Å². The first-order valence-corrected chi connectivity index (χ1v) is 8.79. The molecule has 0 bridgehead atoms. The van der Waals surface area contributed by atoms with Gasteiger partial charge in [0, 0.05) is 35.9 Å². The highest BCUT2D eigenvalue weighted by Gasteiger charge is 2.28. The van der Waals surface area contributed by atoms with Crippen LogP contribution in [0.15, 0.2) is 29.3 Å². The van der Waals surface area contributed by atoms with Crippen molar-refractivity contribution in [3.63, 3.8) is 0 Å². The van der Waals surface area contributed by atoms with Gasteiger partial charge in [-0.15, -0.1) is 0 Å². The Bertz CT molecular complexity index is 751. The van der Waals surface area contributed by atoms with Crippen LogP contribution in [-0.4, -0.2) is 30.8 Å². The zero-order chi connectivity index (χ0) is 15.0. The van der Waals surface area contributed by atoms with Gasteiger partial charge in [0.1, 0.15) is 4.90 Å². The van der Waals surface area contributed by atoms with E-state index in [-0.39, 0.29) is 0 Å². The van der Waals surface area contributed by atoms with E-state index >= 15 is 0 Å². The van der Waals surface area contributed by atoms with Gasteiger partial charge in [0.25, 0.3) is 0 Å². The lowest BCUT2D eigenvalue weighted by Crippen LogP contribution is -2.32. The number of benzene rings is 1. The Kier molecular flexibility index (Phi) is 3.67. The highest BCUT2D eigenvalue weighted by molar-refractivity contribution is 7.89. The lowest BCUT2D eigenvalue weighted by molar-refractivity contribution is 0.417. The first-order chi connectivity index (χ1) is 9.98. The van der Waals surface area contributed by atoms with Gasteiger partial charge in [-0.3, -0.25) is 0 Å². The van der Waals surface area contributed by atoms with Crippen molar-refractivity contribution in [1.82, 2.24) is 9.29 Å². The Hall–Kier alpha value is -1.53. The first kappa shape index (κ1) is 14.4. The molecule has 1 unspecified atom stereocenters. The van der Waals surface area contributed by atoms with Crippen molar-refractivity contribution in [3.05, 3.63) is 24.4 Å². The summed E-state index contributed by atoms with van der Waals surface area (Å²) in [4.78, 5) is 3.37. The number of fused-ring (bicyclic) bond motifs is 1. The monoisotopic (exact) mass is 307 g/mol. The number of sulfonamides is 1. The van der Waals surface area contributed by atoms with Gasteiger partial charge in [0.2, 0.25) is 10.0 Å². The van der Waals surface area contributed by atoms with Gasteiger partial charge in [0.15, 0.2) is 0 Å². The number of aromatic amines is 1. The van der Waals surface area contributed by atoms with Crippen molar-refractivity contribution < 1.29 is 8.42 Å². The Morgan fingerprint density at radius 2 is 2.10 bits per heavy atom. The number of nitrogen functional groups attached to an aromatic ring is 1. The average molecular weight is 307 g/mol. The molecule has 0 aliphatic carbocycles. The van der Waals surface area contributed by atoms with E-state index in [1.54, 1.807) is 28.7 Å². The van der Waals surface area contributed by atoms with Crippen LogP contribution in [0.1, 0.15) is 26.2 Å². The van der Waals surface area contributed by atoms with Gasteiger partial charge in [-0.2, -0.15) is 4.31 Å². The summed E-state index contributed by atoms with van der Waals surface area (Å²) in [5.41, 5.74) is 7.12. The summed E-state index contributed by atoms with van der Waals surface area (Å²) in [6, 6.07) is 5.27. The minimum absolute atomic E-state index is 0.354. The zero-order valence-corrected chi connectivity index (χ0v) is 13.0. The molecule has 6 heteroatoms. The van der Waals surface area contributed by atoms with Gasteiger partial charge >= 0.3 is 0 Å². The third-order valence-corrected chi connectivity index (χ3v) is 6.20. The second-order valence-corrected chi connectivity index (χ2v) is 7.80. The van der Waals surface area contributed by atoms with E-state index in [1.807, 2.05) is 0 Å². The molecule has 1 saturated heterocycles. The van der Waals surface area contributed by atoms with Crippen LogP contribution in [0.25, 0.3) is 10.9 Å². The van der Waals surface area contributed by atoms with E-state index in [0.29, 0.717) is 35.0 Å². The number of nitrogens with two attached hydrogens (primary N) is 1. The molecule has 5 nitrogen and oxygen atoms in total. The van der Waals surface area contributed by atoms with Gasteiger partial charge in [-0.1, -0.05) is 6.92 Å². The molecule has 1 fully saturated rings. The first-order valence-electron chi connectivity index (χ1n) is 7.35. The van der Waals surface area contributed by atoms with Crippen molar-refractivity contribution in [2.24, 2.45) is 5.92 Å². The fourth-order valence-electron chi connectivity index (χ4n) is 2.95. The van der Waals surface area contributed by atoms with E-state index in [9.17, 15) is 8.42 Å². The number of nitrogens with one attached hydrogen (secondary N) is 1. The van der Waals surface area contributed by atoms with Crippen LogP contribution in [0.2, 0.25) is 0 Å². The Morgan fingerprint density at radius 1 is 1.29 bits per heavy atom.